The lowest BCUT2D eigenvalue weighted by Gasteiger charge is -2.13. The van der Waals surface area contributed by atoms with E-state index in [0.29, 0.717) is 4.47 Å². The van der Waals surface area contributed by atoms with Gasteiger partial charge in [0.25, 0.3) is 0 Å². The molecule has 0 fully saturated rings. The molecule has 1 unspecified atom stereocenters. The largest absolute Gasteiger partial charge is 0.368 e. The van der Waals surface area contributed by atoms with Crippen molar-refractivity contribution >= 4 is 21.8 Å². The number of nitrogens with one attached hydrogen (secondary N) is 1. The first-order valence-corrected chi connectivity index (χ1v) is 4.77. The zero-order valence-corrected chi connectivity index (χ0v) is 9.14. The third kappa shape index (κ3) is 2.30. The number of amides is 1. The Morgan fingerprint density at radius 2 is 2.29 bits per heavy atom. The van der Waals surface area contributed by atoms with E-state index >= 15 is 0 Å². The van der Waals surface area contributed by atoms with Crippen LogP contribution in [0.2, 0.25) is 0 Å². The third-order valence-corrected chi connectivity index (χ3v) is 2.34. The van der Waals surface area contributed by atoms with Gasteiger partial charge in [0.2, 0.25) is 5.91 Å². The molecule has 1 atom stereocenters. The number of primary amides is 1. The summed E-state index contributed by atoms with van der Waals surface area (Å²) in [7, 11) is 1.55. The van der Waals surface area contributed by atoms with Gasteiger partial charge in [0.15, 0.2) is 0 Å². The molecule has 76 valence electrons. The predicted octanol–water partition coefficient (Wildman–Crippen LogP) is 1.33. The molecule has 14 heavy (non-hydrogen) atoms. The molecular weight excluding hydrogens is 251 g/mol. The zero-order chi connectivity index (χ0) is 10.7. The Balaban J connectivity index is 3.15. The van der Waals surface area contributed by atoms with Crippen molar-refractivity contribution in [2.45, 2.75) is 6.04 Å². The molecule has 0 aliphatic heterocycles. The fraction of sp³-hybridized carbons (Fsp3) is 0.222. The highest BCUT2D eigenvalue weighted by atomic mass is 79.9. The van der Waals surface area contributed by atoms with E-state index in [4.69, 9.17) is 5.73 Å². The van der Waals surface area contributed by atoms with Crippen LogP contribution in [0.15, 0.2) is 22.7 Å². The predicted molar refractivity (Wildman–Crippen MR) is 55.1 cm³/mol. The second-order valence-electron chi connectivity index (χ2n) is 2.79. The molecular formula is C9H10BrFN2O. The molecule has 0 bridgehead atoms. The summed E-state index contributed by atoms with van der Waals surface area (Å²) in [6.07, 6.45) is 0. The maximum atomic E-state index is 13.3. The molecule has 5 heteroatoms. The zero-order valence-electron chi connectivity index (χ0n) is 7.55. The van der Waals surface area contributed by atoms with Crippen molar-refractivity contribution in [3.05, 3.63) is 34.1 Å². The molecule has 0 radical (unpaired) electrons. The van der Waals surface area contributed by atoms with Crippen LogP contribution in [0, 0.1) is 5.82 Å². The number of nitrogens with two attached hydrogens (primary N) is 1. The minimum absolute atomic E-state index is 0.245. The summed E-state index contributed by atoms with van der Waals surface area (Å²) in [6.45, 7) is 0. The summed E-state index contributed by atoms with van der Waals surface area (Å²) in [4.78, 5) is 11.0. The number of carbonyl (C=O) groups excluding carboxylic acids is 1. The first-order valence-electron chi connectivity index (χ1n) is 3.97. The van der Waals surface area contributed by atoms with E-state index in [1.54, 1.807) is 13.1 Å². The Bertz CT molecular complexity index is 357. The van der Waals surface area contributed by atoms with Crippen LogP contribution < -0.4 is 11.1 Å². The number of benzene rings is 1. The van der Waals surface area contributed by atoms with Gasteiger partial charge in [-0.05, 0) is 25.2 Å². The highest BCUT2D eigenvalue weighted by molar-refractivity contribution is 9.10. The molecule has 3 N–H and O–H groups in total. The summed E-state index contributed by atoms with van der Waals surface area (Å²) in [5.74, 6) is -1.06. The molecule has 1 aromatic rings. The van der Waals surface area contributed by atoms with Crippen LogP contribution in [-0.4, -0.2) is 13.0 Å². The molecule has 1 amide bonds. The second kappa shape index (κ2) is 4.52. The van der Waals surface area contributed by atoms with E-state index in [0.717, 1.165) is 0 Å². The van der Waals surface area contributed by atoms with Crippen LogP contribution in [-0.2, 0) is 4.79 Å². The minimum Gasteiger partial charge on any atom is -0.368 e. The third-order valence-electron chi connectivity index (χ3n) is 1.84. The Hall–Kier alpha value is -0.940. The van der Waals surface area contributed by atoms with Gasteiger partial charge in [-0.25, -0.2) is 4.39 Å². The summed E-state index contributed by atoms with van der Waals surface area (Å²) >= 11 is 3.20. The van der Waals surface area contributed by atoms with Crippen molar-refractivity contribution in [3.63, 3.8) is 0 Å². The van der Waals surface area contributed by atoms with E-state index in [-0.39, 0.29) is 5.56 Å². The molecule has 1 rings (SSSR count). The van der Waals surface area contributed by atoms with Crippen LogP contribution >= 0.6 is 15.9 Å². The van der Waals surface area contributed by atoms with Crippen LogP contribution in [0.25, 0.3) is 0 Å². The summed E-state index contributed by atoms with van der Waals surface area (Å²) in [5, 5.41) is 2.65. The summed E-state index contributed by atoms with van der Waals surface area (Å²) < 4.78 is 14.0. The van der Waals surface area contributed by atoms with Crippen LogP contribution in [0.5, 0.6) is 0 Å². The van der Waals surface area contributed by atoms with Crippen molar-refractivity contribution in [2.75, 3.05) is 7.05 Å². The Morgan fingerprint density at radius 3 is 2.79 bits per heavy atom. The molecule has 0 heterocycles. The highest BCUT2D eigenvalue weighted by Crippen LogP contribution is 2.21. The Labute approximate surface area is 89.6 Å². The maximum Gasteiger partial charge on any atom is 0.239 e. The van der Waals surface area contributed by atoms with Gasteiger partial charge in [-0.15, -0.1) is 0 Å². The smallest absolute Gasteiger partial charge is 0.239 e. The highest BCUT2D eigenvalue weighted by Gasteiger charge is 2.19. The summed E-state index contributed by atoms with van der Waals surface area (Å²) in [5.41, 5.74) is 5.36. The van der Waals surface area contributed by atoms with Crippen molar-refractivity contribution < 1.29 is 9.18 Å². The quantitative estimate of drug-likeness (QED) is 0.862. The maximum absolute atomic E-state index is 13.3. The standard InChI is InChI=1S/C9H10BrFN2O/c1-13-8(9(12)14)6-4-5(10)2-3-7(6)11/h2-4,8,13H,1H3,(H2,12,14). The fourth-order valence-electron chi connectivity index (χ4n) is 1.19. The van der Waals surface area contributed by atoms with Gasteiger partial charge in [0.05, 0.1) is 0 Å². The molecule has 0 aromatic heterocycles. The number of likely N-dealkylation sites (N-methyl/N-ethyl adjacent to an activating group) is 1. The molecule has 0 saturated heterocycles. The van der Waals surface area contributed by atoms with Crippen LogP contribution in [0.1, 0.15) is 11.6 Å². The first-order chi connectivity index (χ1) is 6.56. The van der Waals surface area contributed by atoms with E-state index in [1.165, 1.54) is 12.1 Å². The monoisotopic (exact) mass is 260 g/mol. The summed E-state index contributed by atoms with van der Waals surface area (Å²) in [6, 6.07) is 3.58. The van der Waals surface area contributed by atoms with Crippen molar-refractivity contribution in [3.8, 4) is 0 Å². The van der Waals surface area contributed by atoms with Crippen LogP contribution in [0.3, 0.4) is 0 Å². The van der Waals surface area contributed by atoms with E-state index < -0.39 is 17.8 Å². The van der Waals surface area contributed by atoms with Gasteiger partial charge >= 0.3 is 0 Å². The fourth-order valence-corrected chi connectivity index (χ4v) is 1.57. The average Bonchev–Trinajstić information content (AvgIpc) is 2.11. The number of halogens is 2. The van der Waals surface area contributed by atoms with Crippen molar-refractivity contribution in [1.82, 2.24) is 5.32 Å². The van der Waals surface area contributed by atoms with E-state index in [9.17, 15) is 9.18 Å². The molecule has 1 aromatic carbocycles. The van der Waals surface area contributed by atoms with Crippen molar-refractivity contribution in [1.29, 1.82) is 0 Å². The number of carbonyl (C=O) groups is 1. The second-order valence-corrected chi connectivity index (χ2v) is 3.71. The van der Waals surface area contributed by atoms with Gasteiger partial charge in [0, 0.05) is 10.0 Å². The van der Waals surface area contributed by atoms with Gasteiger partial charge in [-0.1, -0.05) is 15.9 Å². The normalized spacial score (nSPS) is 12.5. The first kappa shape index (κ1) is 11.1. The molecule has 0 aliphatic rings. The Kier molecular flexibility index (Phi) is 3.60. The minimum atomic E-state index is -0.799. The van der Waals surface area contributed by atoms with Gasteiger partial charge < -0.3 is 11.1 Å². The number of hydrogen-bond donors (Lipinski definition) is 2. The Morgan fingerprint density at radius 1 is 1.64 bits per heavy atom. The van der Waals surface area contributed by atoms with E-state index in [2.05, 4.69) is 21.2 Å². The number of hydrogen-bond acceptors (Lipinski definition) is 2. The van der Waals surface area contributed by atoms with Crippen LogP contribution in [0.4, 0.5) is 4.39 Å². The molecule has 0 saturated carbocycles. The SMILES string of the molecule is CNC(C(N)=O)c1cc(Br)ccc1F. The van der Waals surface area contributed by atoms with Gasteiger partial charge in [-0.3, -0.25) is 4.79 Å². The van der Waals surface area contributed by atoms with E-state index in [1.807, 2.05) is 0 Å². The lowest BCUT2D eigenvalue weighted by molar-refractivity contribution is -0.120. The topological polar surface area (TPSA) is 55.1 Å². The molecule has 0 aliphatic carbocycles. The lowest BCUT2D eigenvalue weighted by atomic mass is 10.1. The molecule has 0 spiro atoms. The van der Waals surface area contributed by atoms with Gasteiger partial charge in [0.1, 0.15) is 11.9 Å². The average molecular weight is 261 g/mol. The lowest BCUT2D eigenvalue weighted by Crippen LogP contribution is -2.31. The number of rotatable bonds is 3. The molecule has 3 nitrogen and oxygen atoms in total. The van der Waals surface area contributed by atoms with Crippen molar-refractivity contribution in [2.24, 2.45) is 5.73 Å². The van der Waals surface area contributed by atoms with Gasteiger partial charge in [-0.2, -0.15) is 0 Å².